The first-order chi connectivity index (χ1) is 11.8. The average Bonchev–Trinajstić information content (AvgIpc) is 3.03. The summed E-state index contributed by atoms with van der Waals surface area (Å²) in [5, 5.41) is 15.1. The number of hydrogen-bond donors (Lipinski definition) is 2. The zero-order valence-electron chi connectivity index (χ0n) is 13.9. The lowest BCUT2D eigenvalue weighted by molar-refractivity contribution is 0.504. The summed E-state index contributed by atoms with van der Waals surface area (Å²) in [7, 11) is 1.74. The van der Waals surface area contributed by atoms with Crippen molar-refractivity contribution in [1.82, 2.24) is 25.4 Å². The molecular formula is C17H23FN6. The SMILES string of the molecule is CN=C(NCCc1ccc(F)cc1)NCc1nnc2n1CCCC2. The Morgan fingerprint density at radius 3 is 2.83 bits per heavy atom. The summed E-state index contributed by atoms with van der Waals surface area (Å²) in [4.78, 5) is 4.22. The molecule has 1 aliphatic rings. The van der Waals surface area contributed by atoms with Crippen LogP contribution in [0.1, 0.15) is 30.1 Å². The van der Waals surface area contributed by atoms with Gasteiger partial charge in [0.15, 0.2) is 11.8 Å². The van der Waals surface area contributed by atoms with Crippen LogP contribution in [-0.4, -0.2) is 34.3 Å². The second-order valence-corrected chi connectivity index (χ2v) is 5.87. The van der Waals surface area contributed by atoms with Crippen LogP contribution < -0.4 is 10.6 Å². The zero-order valence-corrected chi connectivity index (χ0v) is 13.9. The van der Waals surface area contributed by atoms with Crippen molar-refractivity contribution in [2.24, 2.45) is 4.99 Å². The predicted molar refractivity (Wildman–Crippen MR) is 91.3 cm³/mol. The zero-order chi connectivity index (χ0) is 16.8. The molecule has 1 aliphatic heterocycles. The Morgan fingerprint density at radius 1 is 1.21 bits per heavy atom. The summed E-state index contributed by atoms with van der Waals surface area (Å²) in [6.07, 6.45) is 4.19. The van der Waals surface area contributed by atoms with E-state index in [-0.39, 0.29) is 5.82 Å². The van der Waals surface area contributed by atoms with E-state index in [9.17, 15) is 4.39 Å². The highest BCUT2D eigenvalue weighted by Crippen LogP contribution is 2.13. The summed E-state index contributed by atoms with van der Waals surface area (Å²) >= 11 is 0. The number of halogens is 1. The Hall–Kier alpha value is -2.44. The molecule has 0 spiro atoms. The largest absolute Gasteiger partial charge is 0.356 e. The van der Waals surface area contributed by atoms with E-state index in [1.54, 1.807) is 19.2 Å². The second kappa shape index (κ2) is 7.90. The van der Waals surface area contributed by atoms with Crippen LogP contribution in [0.3, 0.4) is 0 Å². The fraction of sp³-hybridized carbons (Fsp3) is 0.471. The van der Waals surface area contributed by atoms with Gasteiger partial charge >= 0.3 is 0 Å². The predicted octanol–water partition coefficient (Wildman–Crippen LogP) is 1.66. The molecule has 0 fully saturated rings. The minimum atomic E-state index is -0.208. The third-order valence-corrected chi connectivity index (χ3v) is 4.19. The summed E-state index contributed by atoms with van der Waals surface area (Å²) in [5.74, 6) is 2.55. The summed E-state index contributed by atoms with van der Waals surface area (Å²) in [6.45, 7) is 2.32. The number of nitrogens with zero attached hydrogens (tertiary/aromatic N) is 4. The molecule has 2 aromatic rings. The number of benzene rings is 1. The monoisotopic (exact) mass is 330 g/mol. The summed E-state index contributed by atoms with van der Waals surface area (Å²) in [5.41, 5.74) is 1.09. The van der Waals surface area contributed by atoms with Crippen molar-refractivity contribution in [1.29, 1.82) is 0 Å². The van der Waals surface area contributed by atoms with Gasteiger partial charge in [-0.3, -0.25) is 4.99 Å². The molecule has 0 unspecified atom stereocenters. The molecule has 0 radical (unpaired) electrons. The maximum Gasteiger partial charge on any atom is 0.191 e. The standard InChI is InChI=1S/C17H23FN6/c1-19-17(20-10-9-13-5-7-14(18)8-6-13)21-12-16-23-22-15-4-2-3-11-24(15)16/h5-8H,2-4,9-12H2,1H3,(H2,19,20,21). The third-order valence-electron chi connectivity index (χ3n) is 4.19. The maximum atomic E-state index is 12.9. The molecule has 128 valence electrons. The molecule has 2 N–H and O–H groups in total. The van der Waals surface area contributed by atoms with Crippen LogP contribution in [0.4, 0.5) is 4.39 Å². The lowest BCUT2D eigenvalue weighted by atomic mass is 10.1. The Labute approximate surface area is 141 Å². The molecule has 6 nitrogen and oxygen atoms in total. The summed E-state index contributed by atoms with van der Waals surface area (Å²) < 4.78 is 15.1. The Balaban J connectivity index is 1.47. The highest BCUT2D eigenvalue weighted by Gasteiger charge is 2.15. The molecule has 1 aromatic heterocycles. The lowest BCUT2D eigenvalue weighted by Gasteiger charge is -2.16. The molecule has 3 rings (SSSR count). The van der Waals surface area contributed by atoms with Gasteiger partial charge in [0.25, 0.3) is 0 Å². The fourth-order valence-corrected chi connectivity index (χ4v) is 2.86. The number of aromatic nitrogens is 3. The van der Waals surface area contributed by atoms with Crippen molar-refractivity contribution in [3.63, 3.8) is 0 Å². The number of guanidine groups is 1. The highest BCUT2D eigenvalue weighted by molar-refractivity contribution is 5.79. The number of aryl methyl sites for hydroxylation is 1. The van der Waals surface area contributed by atoms with Crippen molar-refractivity contribution in [2.45, 2.75) is 38.8 Å². The van der Waals surface area contributed by atoms with E-state index in [4.69, 9.17) is 0 Å². The second-order valence-electron chi connectivity index (χ2n) is 5.87. The van der Waals surface area contributed by atoms with Gasteiger partial charge in [-0.05, 0) is 37.0 Å². The molecular weight excluding hydrogens is 307 g/mol. The molecule has 0 aliphatic carbocycles. The van der Waals surface area contributed by atoms with E-state index in [0.29, 0.717) is 6.54 Å². The van der Waals surface area contributed by atoms with Crippen molar-refractivity contribution >= 4 is 5.96 Å². The van der Waals surface area contributed by atoms with E-state index in [2.05, 4.69) is 30.4 Å². The molecule has 7 heteroatoms. The minimum absolute atomic E-state index is 0.208. The lowest BCUT2D eigenvalue weighted by Crippen LogP contribution is -2.38. The van der Waals surface area contributed by atoms with E-state index >= 15 is 0 Å². The van der Waals surface area contributed by atoms with Gasteiger partial charge < -0.3 is 15.2 Å². The Bertz CT molecular complexity index is 692. The van der Waals surface area contributed by atoms with E-state index in [0.717, 1.165) is 49.1 Å². The van der Waals surface area contributed by atoms with Crippen molar-refractivity contribution in [3.8, 4) is 0 Å². The van der Waals surface area contributed by atoms with Gasteiger partial charge in [0.05, 0.1) is 6.54 Å². The van der Waals surface area contributed by atoms with Crippen LogP contribution in [0.5, 0.6) is 0 Å². The van der Waals surface area contributed by atoms with Gasteiger partial charge in [-0.2, -0.15) is 0 Å². The normalized spacial score (nSPS) is 14.3. The first kappa shape index (κ1) is 16.4. The minimum Gasteiger partial charge on any atom is -0.356 e. The number of aliphatic imine (C=N–C) groups is 1. The van der Waals surface area contributed by atoms with E-state index < -0.39 is 0 Å². The van der Waals surface area contributed by atoms with Gasteiger partial charge in [0.2, 0.25) is 0 Å². The van der Waals surface area contributed by atoms with Crippen LogP contribution in [-0.2, 0) is 25.9 Å². The van der Waals surface area contributed by atoms with Crippen molar-refractivity contribution in [2.75, 3.05) is 13.6 Å². The van der Waals surface area contributed by atoms with Crippen LogP contribution in [0, 0.1) is 5.82 Å². The van der Waals surface area contributed by atoms with Gasteiger partial charge in [-0.25, -0.2) is 4.39 Å². The molecule has 0 saturated heterocycles. The molecule has 0 saturated carbocycles. The molecule has 0 amide bonds. The quantitative estimate of drug-likeness (QED) is 0.646. The first-order valence-corrected chi connectivity index (χ1v) is 8.36. The molecule has 1 aromatic carbocycles. The number of rotatable bonds is 5. The van der Waals surface area contributed by atoms with Crippen LogP contribution in [0.25, 0.3) is 0 Å². The molecule has 2 heterocycles. The van der Waals surface area contributed by atoms with Gasteiger partial charge in [-0.15, -0.1) is 10.2 Å². The van der Waals surface area contributed by atoms with Crippen LogP contribution in [0.15, 0.2) is 29.3 Å². The fourth-order valence-electron chi connectivity index (χ4n) is 2.86. The van der Waals surface area contributed by atoms with Gasteiger partial charge in [0.1, 0.15) is 11.6 Å². The average molecular weight is 330 g/mol. The van der Waals surface area contributed by atoms with Crippen molar-refractivity contribution in [3.05, 3.63) is 47.3 Å². The topological polar surface area (TPSA) is 67.1 Å². The van der Waals surface area contributed by atoms with Crippen LogP contribution in [0.2, 0.25) is 0 Å². The Kier molecular flexibility index (Phi) is 5.40. The maximum absolute atomic E-state index is 12.9. The van der Waals surface area contributed by atoms with E-state index in [1.165, 1.54) is 25.0 Å². The highest BCUT2D eigenvalue weighted by atomic mass is 19.1. The van der Waals surface area contributed by atoms with Gasteiger partial charge in [0, 0.05) is 26.6 Å². The summed E-state index contributed by atoms with van der Waals surface area (Å²) in [6, 6.07) is 6.57. The van der Waals surface area contributed by atoms with Gasteiger partial charge in [-0.1, -0.05) is 12.1 Å². The first-order valence-electron chi connectivity index (χ1n) is 8.36. The Morgan fingerprint density at radius 2 is 2.04 bits per heavy atom. The third kappa shape index (κ3) is 4.10. The molecule has 0 atom stereocenters. The number of fused-ring (bicyclic) bond motifs is 1. The van der Waals surface area contributed by atoms with Crippen molar-refractivity contribution < 1.29 is 4.39 Å². The number of nitrogens with one attached hydrogen (secondary N) is 2. The van der Waals surface area contributed by atoms with Crippen LogP contribution >= 0.6 is 0 Å². The molecule has 24 heavy (non-hydrogen) atoms. The number of hydrogen-bond acceptors (Lipinski definition) is 3. The van der Waals surface area contributed by atoms with E-state index in [1.807, 2.05) is 0 Å². The molecule has 0 bridgehead atoms. The smallest absolute Gasteiger partial charge is 0.191 e.